The van der Waals surface area contributed by atoms with E-state index < -0.39 is 11.9 Å². The molecule has 2 amide bonds. The molecule has 14 nitrogen and oxygen atoms in total. The number of carboxylic acids is 2. The molecule has 4 aliphatic rings. The van der Waals surface area contributed by atoms with Gasteiger partial charge in [0.15, 0.2) is 11.6 Å². The first-order valence-electron chi connectivity index (χ1n) is 13.5. The average Bonchev–Trinajstić information content (AvgIpc) is 3.91. The maximum absolute atomic E-state index is 11.9. The van der Waals surface area contributed by atoms with Gasteiger partial charge in [-0.05, 0) is 37.8 Å². The van der Waals surface area contributed by atoms with Crippen molar-refractivity contribution in [3.8, 4) is 0 Å². The van der Waals surface area contributed by atoms with Gasteiger partial charge in [-0.1, -0.05) is 0 Å². The molecule has 4 heterocycles. The standard InChI is InChI=1S/2C13H16N4O3.2Li/c2*18-12(9-1-2-9)17-7-5-16(6-8-17)10-3-4-14-11(15-10)13(19)20;;/h2*3-4,9H,1-2,5-8H2,(H,19,20);;/q;;2*+1/p-2. The van der Waals surface area contributed by atoms with Crippen molar-refractivity contribution in [1.29, 1.82) is 0 Å². The predicted octanol–water partition coefficient (Wildman–Crippen LogP) is -8.19. The Hall–Kier alpha value is -3.17. The Labute approximate surface area is 267 Å². The number of amides is 2. The monoisotopic (exact) mass is 564 g/mol. The Bertz CT molecular complexity index is 1180. The van der Waals surface area contributed by atoms with Crippen LogP contribution in [-0.2, 0) is 9.59 Å². The average molecular weight is 564 g/mol. The van der Waals surface area contributed by atoms with Crippen LogP contribution in [0.5, 0.6) is 0 Å². The minimum Gasteiger partial charge on any atom is -0.542 e. The SMILES string of the molecule is O=C([O-])c1nccc(N2CCN(C(=O)C3CC3)CC2)n1.O=C([O-])c1nccc(N2CCN(C(=O)C3CC3)CC2)n1.[Li+].[Li+]. The molecule has 2 aromatic rings. The van der Waals surface area contributed by atoms with Gasteiger partial charge in [0.2, 0.25) is 11.8 Å². The molecule has 6 rings (SSSR count). The minimum absolute atomic E-state index is 0. The summed E-state index contributed by atoms with van der Waals surface area (Å²) in [6, 6.07) is 3.34. The van der Waals surface area contributed by atoms with Crippen molar-refractivity contribution in [2.75, 3.05) is 62.2 Å². The molecule has 0 radical (unpaired) electrons. The second-order valence-corrected chi connectivity index (χ2v) is 10.2. The normalized spacial score (nSPS) is 18.1. The van der Waals surface area contributed by atoms with Crippen molar-refractivity contribution in [1.82, 2.24) is 29.7 Å². The number of nitrogens with zero attached hydrogens (tertiary/aromatic N) is 8. The Morgan fingerprint density at radius 3 is 1.21 bits per heavy atom. The summed E-state index contributed by atoms with van der Waals surface area (Å²) in [5.74, 6) is -1.25. The summed E-state index contributed by atoms with van der Waals surface area (Å²) in [5, 5.41) is 21.5. The van der Waals surface area contributed by atoms with Gasteiger partial charge < -0.3 is 39.4 Å². The van der Waals surface area contributed by atoms with Gasteiger partial charge in [-0.3, -0.25) is 9.59 Å². The molecular formula is C26H30Li2N8O6. The van der Waals surface area contributed by atoms with Crippen LogP contribution < -0.4 is 57.7 Å². The Kier molecular flexibility index (Phi) is 11.8. The number of carbonyl (C=O) groups excluding carboxylic acids is 4. The molecule has 2 aromatic heterocycles. The number of aromatic nitrogens is 4. The van der Waals surface area contributed by atoms with Crippen molar-refractivity contribution in [3.05, 3.63) is 36.2 Å². The molecule has 4 fully saturated rings. The molecule has 2 aliphatic heterocycles. The molecule has 0 bridgehead atoms. The van der Waals surface area contributed by atoms with Crippen LogP contribution in [0.1, 0.15) is 46.9 Å². The molecule has 16 heteroatoms. The van der Waals surface area contributed by atoms with Gasteiger partial charge in [0.25, 0.3) is 0 Å². The molecule has 212 valence electrons. The number of hydrogen-bond donors (Lipinski definition) is 0. The smallest absolute Gasteiger partial charge is 0.542 e. The van der Waals surface area contributed by atoms with Crippen LogP contribution in [0.2, 0.25) is 0 Å². The molecule has 2 saturated carbocycles. The Morgan fingerprint density at radius 2 is 0.929 bits per heavy atom. The van der Waals surface area contributed by atoms with Crippen molar-refractivity contribution >= 4 is 35.4 Å². The summed E-state index contributed by atoms with van der Waals surface area (Å²) in [4.78, 5) is 68.3. The zero-order chi connectivity index (χ0) is 28.2. The fourth-order valence-electron chi connectivity index (χ4n) is 4.74. The third-order valence-corrected chi connectivity index (χ3v) is 7.33. The second-order valence-electron chi connectivity index (χ2n) is 10.2. The van der Waals surface area contributed by atoms with Gasteiger partial charge in [0, 0.05) is 76.6 Å². The summed E-state index contributed by atoms with van der Waals surface area (Å²) in [7, 11) is 0. The molecule has 0 N–H and O–H groups in total. The van der Waals surface area contributed by atoms with Crippen LogP contribution in [-0.4, -0.2) is 106 Å². The third kappa shape index (κ3) is 8.45. The Morgan fingerprint density at radius 1 is 0.595 bits per heavy atom. The van der Waals surface area contributed by atoms with E-state index in [-0.39, 0.29) is 73.0 Å². The van der Waals surface area contributed by atoms with E-state index in [4.69, 9.17) is 0 Å². The van der Waals surface area contributed by atoms with E-state index in [2.05, 4.69) is 19.9 Å². The van der Waals surface area contributed by atoms with Crippen LogP contribution in [0.4, 0.5) is 11.6 Å². The maximum Gasteiger partial charge on any atom is 1.00 e. The van der Waals surface area contributed by atoms with Crippen LogP contribution in [0, 0.1) is 11.8 Å². The number of carboxylic acid groups (broad SMARTS) is 2. The number of carbonyl (C=O) groups is 4. The summed E-state index contributed by atoms with van der Waals surface area (Å²) in [6.07, 6.45) is 6.88. The molecule has 0 aromatic carbocycles. The van der Waals surface area contributed by atoms with Crippen molar-refractivity contribution < 1.29 is 67.1 Å². The van der Waals surface area contributed by atoms with E-state index in [9.17, 15) is 29.4 Å². The van der Waals surface area contributed by atoms with E-state index in [0.717, 1.165) is 25.7 Å². The van der Waals surface area contributed by atoms with Crippen LogP contribution >= 0.6 is 0 Å². The maximum atomic E-state index is 11.9. The molecular weight excluding hydrogens is 534 g/mol. The summed E-state index contributed by atoms with van der Waals surface area (Å²) in [6.45, 7) is 5.23. The second kappa shape index (κ2) is 14.8. The largest absolute Gasteiger partial charge is 1.00 e. The zero-order valence-electron chi connectivity index (χ0n) is 24.0. The van der Waals surface area contributed by atoms with E-state index in [1.54, 1.807) is 12.1 Å². The first kappa shape index (κ1) is 33.3. The van der Waals surface area contributed by atoms with Gasteiger partial charge in [0.05, 0.1) is 0 Å². The fourth-order valence-corrected chi connectivity index (χ4v) is 4.74. The molecule has 0 spiro atoms. The van der Waals surface area contributed by atoms with E-state index >= 15 is 0 Å². The topological polar surface area (TPSA) is 179 Å². The van der Waals surface area contributed by atoms with Crippen LogP contribution in [0.3, 0.4) is 0 Å². The zero-order valence-corrected chi connectivity index (χ0v) is 24.0. The number of piperazine rings is 2. The quantitative estimate of drug-likeness (QED) is 0.303. The van der Waals surface area contributed by atoms with Gasteiger partial charge in [-0.25, -0.2) is 19.9 Å². The van der Waals surface area contributed by atoms with Crippen molar-refractivity contribution in [2.45, 2.75) is 25.7 Å². The van der Waals surface area contributed by atoms with Crippen LogP contribution in [0.25, 0.3) is 0 Å². The van der Waals surface area contributed by atoms with E-state index in [1.807, 2.05) is 19.6 Å². The first-order valence-corrected chi connectivity index (χ1v) is 13.5. The number of anilines is 2. The predicted molar refractivity (Wildman–Crippen MR) is 136 cm³/mol. The van der Waals surface area contributed by atoms with Crippen molar-refractivity contribution in [3.63, 3.8) is 0 Å². The van der Waals surface area contributed by atoms with Gasteiger partial charge >= 0.3 is 37.7 Å². The number of rotatable bonds is 6. The molecule has 0 unspecified atom stereocenters. The van der Waals surface area contributed by atoms with Crippen molar-refractivity contribution in [2.24, 2.45) is 11.8 Å². The summed E-state index contributed by atoms with van der Waals surface area (Å²) < 4.78 is 0. The van der Waals surface area contributed by atoms with E-state index in [1.165, 1.54) is 12.4 Å². The van der Waals surface area contributed by atoms with E-state index in [0.29, 0.717) is 64.0 Å². The summed E-state index contributed by atoms with van der Waals surface area (Å²) >= 11 is 0. The number of aromatic carboxylic acids is 2. The fraction of sp³-hybridized carbons (Fsp3) is 0.538. The van der Waals surface area contributed by atoms with Gasteiger partial charge in [-0.15, -0.1) is 0 Å². The number of hydrogen-bond acceptors (Lipinski definition) is 12. The molecule has 42 heavy (non-hydrogen) atoms. The van der Waals surface area contributed by atoms with Crippen LogP contribution in [0.15, 0.2) is 24.5 Å². The van der Waals surface area contributed by atoms with Gasteiger partial charge in [-0.2, -0.15) is 0 Å². The molecule has 2 aliphatic carbocycles. The Balaban J connectivity index is 0.000000220. The summed E-state index contributed by atoms with van der Waals surface area (Å²) in [5.41, 5.74) is 0. The molecule has 2 saturated heterocycles. The third-order valence-electron chi connectivity index (χ3n) is 7.33. The van der Waals surface area contributed by atoms with Gasteiger partial charge in [0.1, 0.15) is 23.6 Å². The first-order chi connectivity index (χ1) is 19.3. The minimum atomic E-state index is -1.38. The molecule has 0 atom stereocenters.